The van der Waals surface area contributed by atoms with Crippen LogP contribution in [0.5, 0.6) is 5.75 Å². The lowest BCUT2D eigenvalue weighted by Crippen LogP contribution is -2.14. The molecule has 0 saturated carbocycles. The first-order valence-electron chi connectivity index (χ1n) is 8.70. The van der Waals surface area contributed by atoms with E-state index in [1.807, 2.05) is 58.0 Å². The van der Waals surface area contributed by atoms with Gasteiger partial charge in [-0.05, 0) is 57.0 Å². The second kappa shape index (κ2) is 7.15. The number of pyridine rings is 1. The molecular formula is C20H23N3O3. The molecule has 3 aromatic rings. The molecule has 1 amide bonds. The van der Waals surface area contributed by atoms with Gasteiger partial charge in [-0.1, -0.05) is 19.0 Å². The van der Waals surface area contributed by atoms with Crippen molar-refractivity contribution >= 4 is 22.7 Å². The summed E-state index contributed by atoms with van der Waals surface area (Å²) < 4.78 is 10.9. The number of carbonyl (C=O) groups excluding carboxylic acids is 1. The van der Waals surface area contributed by atoms with Crippen molar-refractivity contribution in [2.24, 2.45) is 0 Å². The number of ether oxygens (including phenoxy) is 1. The topological polar surface area (TPSA) is 77.2 Å². The number of benzene rings is 1. The molecule has 0 aliphatic rings. The first-order chi connectivity index (χ1) is 12.3. The summed E-state index contributed by atoms with van der Waals surface area (Å²) in [5.74, 6) is 0.716. The van der Waals surface area contributed by atoms with Gasteiger partial charge in [-0.15, -0.1) is 0 Å². The van der Waals surface area contributed by atoms with E-state index in [4.69, 9.17) is 9.26 Å². The predicted molar refractivity (Wildman–Crippen MR) is 101 cm³/mol. The fraction of sp³-hybridized carbons (Fsp3) is 0.350. The van der Waals surface area contributed by atoms with E-state index in [9.17, 15) is 4.79 Å². The van der Waals surface area contributed by atoms with E-state index >= 15 is 0 Å². The van der Waals surface area contributed by atoms with Crippen LogP contribution < -0.4 is 10.1 Å². The number of hydrogen-bond donors (Lipinski definition) is 1. The molecule has 0 unspecified atom stereocenters. The highest BCUT2D eigenvalue weighted by Crippen LogP contribution is 2.26. The fourth-order valence-corrected chi connectivity index (χ4v) is 2.68. The Morgan fingerprint density at radius 3 is 2.46 bits per heavy atom. The van der Waals surface area contributed by atoms with Crippen molar-refractivity contribution in [2.45, 2.75) is 46.6 Å². The number of amides is 1. The van der Waals surface area contributed by atoms with Crippen LogP contribution in [0.25, 0.3) is 11.1 Å². The van der Waals surface area contributed by atoms with Crippen LogP contribution in [0.2, 0.25) is 0 Å². The second-order valence-electron chi connectivity index (χ2n) is 6.84. The molecule has 0 aliphatic heterocycles. The van der Waals surface area contributed by atoms with Crippen LogP contribution in [-0.4, -0.2) is 22.2 Å². The van der Waals surface area contributed by atoms with Gasteiger partial charge in [-0.2, -0.15) is 0 Å². The molecule has 6 nitrogen and oxygen atoms in total. The molecule has 0 fully saturated rings. The molecule has 3 rings (SSSR count). The Bertz CT molecular complexity index is 927. The van der Waals surface area contributed by atoms with Crippen molar-refractivity contribution in [1.29, 1.82) is 0 Å². The van der Waals surface area contributed by atoms with E-state index in [2.05, 4.69) is 15.5 Å². The molecule has 0 spiro atoms. The molecule has 0 aliphatic carbocycles. The number of anilines is 1. The quantitative estimate of drug-likeness (QED) is 0.720. The highest BCUT2D eigenvalue weighted by atomic mass is 16.5. The standard InChI is InChI=1S/C20H23N3O3/c1-11(2)17-10-16(18-13(5)23-26-20(18)22-17)19(24)21-14-6-8-15(9-7-14)25-12(3)4/h6-12H,1-5H3,(H,21,24). The lowest BCUT2D eigenvalue weighted by atomic mass is 10.0. The zero-order valence-electron chi connectivity index (χ0n) is 15.7. The van der Waals surface area contributed by atoms with Crippen molar-refractivity contribution in [3.05, 3.63) is 47.3 Å². The van der Waals surface area contributed by atoms with Gasteiger partial charge < -0.3 is 14.6 Å². The molecule has 0 radical (unpaired) electrons. The smallest absolute Gasteiger partial charge is 0.259 e. The van der Waals surface area contributed by atoms with Crippen molar-refractivity contribution in [2.75, 3.05) is 5.32 Å². The van der Waals surface area contributed by atoms with Gasteiger partial charge in [0, 0.05) is 11.4 Å². The van der Waals surface area contributed by atoms with Crippen LogP contribution in [-0.2, 0) is 0 Å². The predicted octanol–water partition coefficient (Wildman–Crippen LogP) is 4.69. The Balaban J connectivity index is 1.91. The molecule has 0 atom stereocenters. The lowest BCUT2D eigenvalue weighted by molar-refractivity contribution is 0.102. The van der Waals surface area contributed by atoms with E-state index in [1.54, 1.807) is 6.92 Å². The number of hydrogen-bond acceptors (Lipinski definition) is 5. The zero-order chi connectivity index (χ0) is 18.8. The summed E-state index contributed by atoms with van der Waals surface area (Å²) in [7, 11) is 0. The number of aryl methyl sites for hydroxylation is 1. The molecule has 136 valence electrons. The van der Waals surface area contributed by atoms with Crippen LogP contribution >= 0.6 is 0 Å². The number of nitrogens with zero attached hydrogens (tertiary/aromatic N) is 2. The number of carbonyl (C=O) groups is 1. The minimum Gasteiger partial charge on any atom is -0.491 e. The van der Waals surface area contributed by atoms with Crippen LogP contribution in [0, 0.1) is 6.92 Å². The number of nitrogens with one attached hydrogen (secondary N) is 1. The normalized spacial score (nSPS) is 11.3. The van der Waals surface area contributed by atoms with E-state index in [0.717, 1.165) is 11.4 Å². The monoisotopic (exact) mass is 353 g/mol. The summed E-state index contributed by atoms with van der Waals surface area (Å²) in [5.41, 5.74) is 3.03. The third-order valence-corrected chi connectivity index (χ3v) is 3.96. The highest BCUT2D eigenvalue weighted by molar-refractivity contribution is 6.12. The first kappa shape index (κ1) is 17.9. The lowest BCUT2D eigenvalue weighted by Gasteiger charge is -2.12. The van der Waals surface area contributed by atoms with E-state index in [1.165, 1.54) is 0 Å². The third-order valence-electron chi connectivity index (χ3n) is 3.96. The largest absolute Gasteiger partial charge is 0.491 e. The van der Waals surface area contributed by atoms with Crippen LogP contribution in [0.15, 0.2) is 34.9 Å². The Hall–Kier alpha value is -2.89. The average molecular weight is 353 g/mol. The van der Waals surface area contributed by atoms with Gasteiger partial charge >= 0.3 is 0 Å². The van der Waals surface area contributed by atoms with Gasteiger partial charge in [0.15, 0.2) is 0 Å². The molecule has 0 bridgehead atoms. The van der Waals surface area contributed by atoms with Gasteiger partial charge in [-0.3, -0.25) is 4.79 Å². The van der Waals surface area contributed by atoms with Gasteiger partial charge in [0.05, 0.1) is 22.7 Å². The molecular weight excluding hydrogens is 330 g/mol. The molecule has 1 aromatic carbocycles. The molecule has 0 saturated heterocycles. The number of aromatic nitrogens is 2. The highest BCUT2D eigenvalue weighted by Gasteiger charge is 2.19. The van der Waals surface area contributed by atoms with Crippen molar-refractivity contribution in [3.63, 3.8) is 0 Å². The summed E-state index contributed by atoms with van der Waals surface area (Å²) in [6.07, 6.45) is 0.103. The maximum atomic E-state index is 12.9. The molecule has 2 heterocycles. The molecule has 1 N–H and O–H groups in total. The maximum Gasteiger partial charge on any atom is 0.259 e. The molecule has 6 heteroatoms. The zero-order valence-corrected chi connectivity index (χ0v) is 15.7. The van der Waals surface area contributed by atoms with Crippen molar-refractivity contribution in [3.8, 4) is 5.75 Å². The Morgan fingerprint density at radius 1 is 1.15 bits per heavy atom. The van der Waals surface area contributed by atoms with Crippen LogP contribution in [0.4, 0.5) is 5.69 Å². The molecule has 2 aromatic heterocycles. The summed E-state index contributed by atoms with van der Waals surface area (Å²) >= 11 is 0. The van der Waals surface area contributed by atoms with Crippen molar-refractivity contribution < 1.29 is 14.1 Å². The van der Waals surface area contributed by atoms with Crippen LogP contribution in [0.1, 0.15) is 55.4 Å². The Morgan fingerprint density at radius 2 is 1.85 bits per heavy atom. The van der Waals surface area contributed by atoms with Gasteiger partial charge in [0.25, 0.3) is 11.6 Å². The average Bonchev–Trinajstić information content (AvgIpc) is 2.96. The maximum absolute atomic E-state index is 12.9. The van der Waals surface area contributed by atoms with Gasteiger partial charge in [0.1, 0.15) is 5.75 Å². The van der Waals surface area contributed by atoms with Crippen LogP contribution in [0.3, 0.4) is 0 Å². The Kier molecular flexibility index (Phi) is 4.93. The van der Waals surface area contributed by atoms with E-state index in [0.29, 0.717) is 28.0 Å². The van der Waals surface area contributed by atoms with Gasteiger partial charge in [-0.25, -0.2) is 4.98 Å². The minimum atomic E-state index is -0.219. The summed E-state index contributed by atoms with van der Waals surface area (Å²) in [4.78, 5) is 17.3. The summed E-state index contributed by atoms with van der Waals surface area (Å²) in [6.45, 7) is 9.78. The molecule has 26 heavy (non-hydrogen) atoms. The van der Waals surface area contributed by atoms with Crippen molar-refractivity contribution in [1.82, 2.24) is 10.1 Å². The van der Waals surface area contributed by atoms with Gasteiger partial charge in [0.2, 0.25) is 0 Å². The first-order valence-corrected chi connectivity index (χ1v) is 8.70. The number of fused-ring (bicyclic) bond motifs is 1. The second-order valence-corrected chi connectivity index (χ2v) is 6.84. The fourth-order valence-electron chi connectivity index (χ4n) is 2.68. The Labute approximate surface area is 152 Å². The van der Waals surface area contributed by atoms with E-state index < -0.39 is 0 Å². The number of rotatable bonds is 5. The minimum absolute atomic E-state index is 0.103. The summed E-state index contributed by atoms with van der Waals surface area (Å²) in [5, 5.41) is 7.52. The summed E-state index contributed by atoms with van der Waals surface area (Å²) in [6, 6.07) is 9.11. The SMILES string of the molecule is Cc1noc2nc(C(C)C)cc(C(=O)Nc3ccc(OC(C)C)cc3)c12. The van der Waals surface area contributed by atoms with E-state index in [-0.39, 0.29) is 17.9 Å². The third kappa shape index (κ3) is 3.69.